The first-order chi connectivity index (χ1) is 12.8. The Morgan fingerprint density at radius 1 is 1.19 bits per heavy atom. The Morgan fingerprint density at radius 3 is 2.48 bits per heavy atom. The number of nitrogens with one attached hydrogen (secondary N) is 1. The molecular formula is C18H27F2N3O4. The van der Waals surface area contributed by atoms with E-state index in [0.717, 1.165) is 12.0 Å². The minimum atomic E-state index is -2.94. The van der Waals surface area contributed by atoms with Gasteiger partial charge >= 0.3 is 6.61 Å². The first kappa shape index (κ1) is 22.6. The molecule has 1 N–H and O–H groups in total. The van der Waals surface area contributed by atoms with Gasteiger partial charge in [-0.15, -0.1) is 0 Å². The zero-order chi connectivity index (χ0) is 20.4. The maximum absolute atomic E-state index is 12.4. The molecule has 1 rings (SSSR count). The summed E-state index contributed by atoms with van der Waals surface area (Å²) < 4.78 is 34.2. The second kappa shape index (κ2) is 11.3. The molecule has 2 amide bonds. The van der Waals surface area contributed by atoms with Crippen molar-refractivity contribution in [2.75, 3.05) is 40.8 Å². The lowest BCUT2D eigenvalue weighted by atomic mass is 10.2. The zero-order valence-electron chi connectivity index (χ0n) is 16.1. The van der Waals surface area contributed by atoms with E-state index in [0.29, 0.717) is 13.1 Å². The molecule has 0 heterocycles. The number of alkyl halides is 2. The van der Waals surface area contributed by atoms with E-state index in [9.17, 15) is 18.4 Å². The van der Waals surface area contributed by atoms with Crippen LogP contribution in [0.25, 0.3) is 0 Å². The number of likely N-dealkylation sites (N-methyl/N-ethyl adjacent to an activating group) is 2. The molecule has 9 heteroatoms. The van der Waals surface area contributed by atoms with Crippen LogP contribution in [0.3, 0.4) is 0 Å². The smallest absolute Gasteiger partial charge is 0.387 e. The number of nitrogens with zero attached hydrogens (tertiary/aromatic N) is 2. The van der Waals surface area contributed by atoms with E-state index >= 15 is 0 Å². The Bertz CT molecular complexity index is 629. The average Bonchev–Trinajstić information content (AvgIpc) is 2.60. The molecule has 0 aliphatic rings. The molecule has 7 nitrogen and oxygen atoms in total. The first-order valence-electron chi connectivity index (χ1n) is 8.57. The summed E-state index contributed by atoms with van der Waals surface area (Å²) in [4.78, 5) is 27.0. The third kappa shape index (κ3) is 8.21. The van der Waals surface area contributed by atoms with Crippen molar-refractivity contribution in [3.8, 4) is 11.5 Å². The molecule has 0 unspecified atom stereocenters. The second-order valence-electron chi connectivity index (χ2n) is 6.14. The van der Waals surface area contributed by atoms with Crippen LogP contribution >= 0.6 is 0 Å². The quantitative estimate of drug-likeness (QED) is 0.626. The van der Waals surface area contributed by atoms with E-state index < -0.39 is 6.61 Å². The van der Waals surface area contributed by atoms with Crippen LogP contribution in [-0.4, -0.2) is 69.1 Å². The van der Waals surface area contributed by atoms with Gasteiger partial charge in [-0.25, -0.2) is 0 Å². The van der Waals surface area contributed by atoms with Crippen LogP contribution in [0.1, 0.15) is 18.9 Å². The molecule has 0 aromatic heterocycles. The molecule has 0 saturated carbocycles. The van der Waals surface area contributed by atoms with E-state index in [1.807, 2.05) is 6.92 Å². The van der Waals surface area contributed by atoms with Crippen LogP contribution in [0, 0.1) is 0 Å². The fourth-order valence-electron chi connectivity index (χ4n) is 2.35. The fourth-order valence-corrected chi connectivity index (χ4v) is 2.35. The topological polar surface area (TPSA) is 71.1 Å². The second-order valence-corrected chi connectivity index (χ2v) is 6.14. The minimum absolute atomic E-state index is 0.000159. The highest BCUT2D eigenvalue weighted by Gasteiger charge is 2.16. The Morgan fingerprint density at radius 2 is 1.89 bits per heavy atom. The first-order valence-corrected chi connectivity index (χ1v) is 8.57. The molecule has 0 atom stereocenters. The minimum Gasteiger partial charge on any atom is -0.493 e. The van der Waals surface area contributed by atoms with Gasteiger partial charge in [0.25, 0.3) is 0 Å². The Hall–Kier alpha value is -2.42. The van der Waals surface area contributed by atoms with Crippen molar-refractivity contribution in [1.82, 2.24) is 15.1 Å². The third-order valence-corrected chi connectivity index (χ3v) is 3.68. The van der Waals surface area contributed by atoms with Crippen molar-refractivity contribution in [3.63, 3.8) is 0 Å². The largest absolute Gasteiger partial charge is 0.493 e. The van der Waals surface area contributed by atoms with E-state index in [4.69, 9.17) is 4.74 Å². The number of hydrogen-bond donors (Lipinski definition) is 1. The van der Waals surface area contributed by atoms with Gasteiger partial charge in [-0.1, -0.05) is 13.0 Å². The number of carbonyl (C=O) groups excluding carboxylic acids is 2. The molecule has 0 aliphatic carbocycles. The van der Waals surface area contributed by atoms with Crippen molar-refractivity contribution in [1.29, 1.82) is 0 Å². The van der Waals surface area contributed by atoms with Gasteiger partial charge < -0.3 is 19.7 Å². The van der Waals surface area contributed by atoms with Crippen molar-refractivity contribution in [2.45, 2.75) is 26.5 Å². The number of benzene rings is 1. The Kier molecular flexibility index (Phi) is 9.49. The van der Waals surface area contributed by atoms with Gasteiger partial charge in [0, 0.05) is 20.1 Å². The molecule has 0 bridgehead atoms. The van der Waals surface area contributed by atoms with Gasteiger partial charge in [-0.2, -0.15) is 8.78 Å². The lowest BCUT2D eigenvalue weighted by molar-refractivity contribution is -0.135. The lowest BCUT2D eigenvalue weighted by Crippen LogP contribution is -2.42. The SMILES string of the molecule is CCCNC(=O)CN(C)C(=O)CN(C)Cc1ccc(OC(F)F)c(OC)c1. The van der Waals surface area contributed by atoms with Gasteiger partial charge in [0.2, 0.25) is 11.8 Å². The molecule has 0 spiro atoms. The highest BCUT2D eigenvalue weighted by molar-refractivity contribution is 5.85. The van der Waals surface area contributed by atoms with Crippen molar-refractivity contribution in [2.24, 2.45) is 0 Å². The summed E-state index contributed by atoms with van der Waals surface area (Å²) in [5.41, 5.74) is 0.770. The number of ether oxygens (including phenoxy) is 2. The summed E-state index contributed by atoms with van der Waals surface area (Å²) >= 11 is 0. The fraction of sp³-hybridized carbons (Fsp3) is 0.556. The van der Waals surface area contributed by atoms with Gasteiger partial charge in [0.1, 0.15) is 0 Å². The maximum Gasteiger partial charge on any atom is 0.387 e. The van der Waals surface area contributed by atoms with E-state index in [1.54, 1.807) is 31.1 Å². The Labute approximate surface area is 158 Å². The lowest BCUT2D eigenvalue weighted by Gasteiger charge is -2.22. The van der Waals surface area contributed by atoms with Crippen LogP contribution in [0.15, 0.2) is 18.2 Å². The summed E-state index contributed by atoms with van der Waals surface area (Å²) in [6, 6.07) is 4.61. The van der Waals surface area contributed by atoms with E-state index in [1.165, 1.54) is 18.1 Å². The van der Waals surface area contributed by atoms with Crippen molar-refractivity contribution in [3.05, 3.63) is 23.8 Å². The average molecular weight is 387 g/mol. The third-order valence-electron chi connectivity index (χ3n) is 3.68. The van der Waals surface area contributed by atoms with Crippen molar-refractivity contribution < 1.29 is 27.8 Å². The zero-order valence-corrected chi connectivity index (χ0v) is 16.1. The molecular weight excluding hydrogens is 360 g/mol. The molecule has 0 saturated heterocycles. The molecule has 152 valence electrons. The van der Waals surface area contributed by atoms with Gasteiger partial charge in [-0.3, -0.25) is 14.5 Å². The number of hydrogen-bond acceptors (Lipinski definition) is 5. The van der Waals surface area contributed by atoms with Crippen molar-refractivity contribution >= 4 is 11.8 Å². The highest BCUT2D eigenvalue weighted by Crippen LogP contribution is 2.29. The van der Waals surface area contributed by atoms with Crippen LogP contribution < -0.4 is 14.8 Å². The summed E-state index contributed by atoms with van der Waals surface area (Å²) in [7, 11) is 4.68. The van der Waals surface area contributed by atoms with Gasteiger partial charge in [0.15, 0.2) is 11.5 Å². The number of halogens is 2. The Balaban J connectivity index is 2.59. The van der Waals surface area contributed by atoms with Gasteiger partial charge in [-0.05, 0) is 31.2 Å². The predicted molar refractivity (Wildman–Crippen MR) is 96.9 cm³/mol. The number of rotatable bonds is 11. The van der Waals surface area contributed by atoms with Gasteiger partial charge in [0.05, 0.1) is 20.2 Å². The summed E-state index contributed by atoms with van der Waals surface area (Å²) in [5, 5.41) is 2.72. The molecule has 0 fully saturated rings. The normalized spacial score (nSPS) is 10.8. The highest BCUT2D eigenvalue weighted by atomic mass is 19.3. The summed E-state index contributed by atoms with van der Waals surface area (Å²) in [5.74, 6) is -0.256. The van der Waals surface area contributed by atoms with E-state index in [-0.39, 0.29) is 36.4 Å². The monoisotopic (exact) mass is 387 g/mol. The molecule has 0 aliphatic heterocycles. The van der Waals surface area contributed by atoms with Crippen LogP contribution in [0.2, 0.25) is 0 Å². The van der Waals surface area contributed by atoms with Crippen LogP contribution in [0.4, 0.5) is 8.78 Å². The van der Waals surface area contributed by atoms with E-state index in [2.05, 4.69) is 10.1 Å². The molecule has 1 aromatic carbocycles. The number of carbonyl (C=O) groups is 2. The summed E-state index contributed by atoms with van der Waals surface area (Å²) in [6.45, 7) is 0.0941. The maximum atomic E-state index is 12.4. The molecule has 27 heavy (non-hydrogen) atoms. The molecule has 1 aromatic rings. The summed E-state index contributed by atoms with van der Waals surface area (Å²) in [6.07, 6.45) is 0.830. The predicted octanol–water partition coefficient (Wildman–Crippen LogP) is 1.71. The van der Waals surface area contributed by atoms with Crippen LogP contribution in [-0.2, 0) is 16.1 Å². The van der Waals surface area contributed by atoms with Crippen LogP contribution in [0.5, 0.6) is 11.5 Å². The number of methoxy groups -OCH3 is 1. The standard InChI is InChI=1S/C18H27F2N3O4/c1-5-8-21-16(24)11-23(3)17(25)12-22(2)10-13-6-7-14(27-18(19)20)15(9-13)26-4/h6-7,9,18H,5,8,10-12H2,1-4H3,(H,21,24). The molecule has 0 radical (unpaired) electrons. The number of amides is 2.